The molecule has 4 aromatic rings. The first-order valence-corrected chi connectivity index (χ1v) is 17.8. The van der Waals surface area contributed by atoms with E-state index in [1.54, 1.807) is 34.2 Å². The number of aryl methyl sites for hydroxylation is 2. The van der Waals surface area contributed by atoms with Gasteiger partial charge in [0.2, 0.25) is 11.9 Å². The molecule has 270 valence electrons. The summed E-state index contributed by atoms with van der Waals surface area (Å²) in [7, 11) is 3.73. The largest absolute Gasteiger partial charge is 0.354 e. The van der Waals surface area contributed by atoms with Gasteiger partial charge in [-0.2, -0.15) is 25.4 Å². The maximum Gasteiger partial charge on any atom is 0.229 e. The molecule has 4 atom stereocenters. The number of likely N-dealkylation sites (tertiary alicyclic amines) is 1. The summed E-state index contributed by atoms with van der Waals surface area (Å²) in [5.41, 5.74) is 2.34. The second-order valence-electron chi connectivity index (χ2n) is 15.6. The van der Waals surface area contributed by atoms with Crippen molar-refractivity contribution in [1.82, 2.24) is 49.7 Å². The lowest BCUT2D eigenvalue weighted by Crippen LogP contribution is -2.34. The smallest absolute Gasteiger partial charge is 0.229 e. The van der Waals surface area contributed by atoms with Crippen molar-refractivity contribution in [2.75, 3.05) is 79.3 Å². The molecule has 15 nitrogen and oxygen atoms in total. The summed E-state index contributed by atoms with van der Waals surface area (Å²) in [6.45, 7) is 17.3. The molecule has 0 radical (unpaired) electrons. The predicted octanol–water partition coefficient (Wildman–Crippen LogP) is 4.32. The average Bonchev–Trinajstić information content (AvgIpc) is 3.87. The highest BCUT2D eigenvalue weighted by Gasteiger charge is 2.58. The molecule has 0 unspecified atom stereocenters. The van der Waals surface area contributed by atoms with E-state index in [1.165, 1.54) is 0 Å². The number of nitriles is 1. The molecule has 8 heterocycles. The lowest BCUT2D eigenvalue weighted by molar-refractivity contribution is 0.212. The first-order valence-electron chi connectivity index (χ1n) is 17.1. The molecule has 17 heteroatoms. The van der Waals surface area contributed by atoms with Gasteiger partial charge in [0.25, 0.3) is 0 Å². The lowest BCUT2D eigenvalue weighted by atomic mass is 9.71. The Balaban J connectivity index is 0.000000160. The summed E-state index contributed by atoms with van der Waals surface area (Å²) in [5.74, 6) is 2.59. The Labute approximate surface area is 308 Å². The molecular formula is C34H45Cl2N15. The van der Waals surface area contributed by atoms with E-state index >= 15 is 0 Å². The second-order valence-corrected chi connectivity index (χ2v) is 16.5. The lowest BCUT2D eigenvalue weighted by Gasteiger charge is -2.30. The molecule has 4 aromatic heterocycles. The van der Waals surface area contributed by atoms with E-state index in [0.29, 0.717) is 28.5 Å². The van der Waals surface area contributed by atoms with Crippen LogP contribution in [0.15, 0.2) is 37.2 Å². The van der Waals surface area contributed by atoms with Crippen LogP contribution in [-0.2, 0) is 14.1 Å². The quantitative estimate of drug-likeness (QED) is 0.231. The molecule has 0 amide bonds. The fourth-order valence-corrected chi connectivity index (χ4v) is 8.68. The van der Waals surface area contributed by atoms with Crippen molar-refractivity contribution in [3.63, 3.8) is 0 Å². The zero-order valence-corrected chi connectivity index (χ0v) is 31.5. The number of rotatable bonds is 7. The fourth-order valence-electron chi connectivity index (χ4n) is 8.26. The van der Waals surface area contributed by atoms with Gasteiger partial charge in [0.05, 0.1) is 48.8 Å². The first kappa shape index (κ1) is 35.2. The molecule has 0 saturated carbocycles. The van der Waals surface area contributed by atoms with E-state index in [9.17, 15) is 0 Å². The summed E-state index contributed by atoms with van der Waals surface area (Å²) in [6, 6.07) is 2.27. The number of fused-ring (bicyclic) bond motifs is 2. The first-order chi connectivity index (χ1) is 24.2. The van der Waals surface area contributed by atoms with Gasteiger partial charge in [-0.25, -0.2) is 9.97 Å². The second kappa shape index (κ2) is 13.1. The Morgan fingerprint density at radius 2 is 1.14 bits per heavy atom. The van der Waals surface area contributed by atoms with Gasteiger partial charge in [0, 0.05) is 101 Å². The molecule has 3 N–H and O–H groups in total. The maximum absolute atomic E-state index is 9.03. The Morgan fingerprint density at radius 3 is 1.53 bits per heavy atom. The third-order valence-corrected chi connectivity index (χ3v) is 12.0. The minimum Gasteiger partial charge on any atom is -0.354 e. The molecule has 0 aromatic carbocycles. The van der Waals surface area contributed by atoms with Gasteiger partial charge in [-0.3, -0.25) is 14.3 Å². The third kappa shape index (κ3) is 6.66. The number of anilines is 6. The van der Waals surface area contributed by atoms with Crippen LogP contribution in [-0.4, -0.2) is 103 Å². The van der Waals surface area contributed by atoms with Crippen LogP contribution in [0.25, 0.3) is 0 Å². The monoisotopic (exact) mass is 733 g/mol. The standard InChI is InChI=1S/C18H23ClN8.C16H22ClN7/c1-17-9-26(5-4-20)10-18(17,2)12-27(11-17)15-14(19)7-21-16(24-15)23-13-6-22-25(3)8-13;1-15-7-18-8-16(15,2)10-24(9-15)13-12(17)5-19-14(22-13)21-11-4-20-23(3)6-11/h6-8H,5,9-12H2,1-3H3,(H,21,23,24);4-6,18H,7-10H2,1-3H3,(H,19,21,22)/t17-,18+;15-,16+. The number of nitrogens with one attached hydrogen (secondary N) is 3. The van der Waals surface area contributed by atoms with Crippen LogP contribution in [0.3, 0.4) is 0 Å². The van der Waals surface area contributed by atoms with Crippen molar-refractivity contribution in [2.45, 2.75) is 27.7 Å². The van der Waals surface area contributed by atoms with Crippen LogP contribution in [0.2, 0.25) is 10.0 Å². The van der Waals surface area contributed by atoms with Gasteiger partial charge < -0.3 is 25.8 Å². The van der Waals surface area contributed by atoms with Gasteiger partial charge in [0.15, 0.2) is 11.6 Å². The highest BCUT2D eigenvalue weighted by atomic mass is 35.5. The SMILES string of the molecule is Cn1cc(Nc2ncc(Cl)c(N3C[C@]4(C)CN(CC#N)C[C@]4(C)C3)n2)cn1.Cn1cc(Nc2ncc(Cl)c(N3C[C@]4(C)CNC[C@]4(C)C3)n2)cn1. The molecule has 4 saturated heterocycles. The van der Waals surface area contributed by atoms with E-state index in [0.717, 1.165) is 75.4 Å². The van der Waals surface area contributed by atoms with Crippen LogP contribution in [0, 0.1) is 33.0 Å². The molecular weight excluding hydrogens is 689 g/mol. The number of aromatic nitrogens is 8. The van der Waals surface area contributed by atoms with Crippen molar-refractivity contribution < 1.29 is 0 Å². The predicted molar refractivity (Wildman–Crippen MR) is 199 cm³/mol. The van der Waals surface area contributed by atoms with Gasteiger partial charge in [-0.15, -0.1) is 0 Å². The average molecular weight is 735 g/mol. The number of hydrogen-bond donors (Lipinski definition) is 3. The van der Waals surface area contributed by atoms with Crippen molar-refractivity contribution in [1.29, 1.82) is 5.26 Å². The van der Waals surface area contributed by atoms with Crippen LogP contribution in [0.5, 0.6) is 0 Å². The van der Waals surface area contributed by atoms with E-state index in [4.69, 9.17) is 28.5 Å². The van der Waals surface area contributed by atoms with Crippen LogP contribution in [0.4, 0.5) is 34.9 Å². The zero-order chi connectivity index (χ0) is 36.2. The highest BCUT2D eigenvalue weighted by Crippen LogP contribution is 2.53. The normalized spacial score (nSPS) is 28.3. The van der Waals surface area contributed by atoms with Crippen LogP contribution < -0.4 is 25.8 Å². The maximum atomic E-state index is 9.03. The number of hydrogen-bond acceptors (Lipinski definition) is 13. The molecule has 4 fully saturated rings. The molecule has 0 spiro atoms. The fraction of sp³-hybridized carbons (Fsp3) is 0.559. The van der Waals surface area contributed by atoms with Gasteiger partial charge in [-0.05, 0) is 0 Å². The van der Waals surface area contributed by atoms with Crippen molar-refractivity contribution in [2.24, 2.45) is 35.8 Å². The van der Waals surface area contributed by atoms with Gasteiger partial charge in [0.1, 0.15) is 10.0 Å². The summed E-state index contributed by atoms with van der Waals surface area (Å²) >= 11 is 12.8. The van der Waals surface area contributed by atoms with Crippen LogP contribution in [0.1, 0.15) is 27.7 Å². The zero-order valence-electron chi connectivity index (χ0n) is 30.0. The summed E-state index contributed by atoms with van der Waals surface area (Å²) in [5, 5.41) is 28.3. The van der Waals surface area contributed by atoms with Crippen LogP contribution >= 0.6 is 23.2 Å². The Hall–Kier alpha value is -4.23. The van der Waals surface area contributed by atoms with Crippen molar-refractivity contribution in [3.8, 4) is 6.07 Å². The highest BCUT2D eigenvalue weighted by molar-refractivity contribution is 6.33. The number of nitrogens with zero attached hydrogens (tertiary/aromatic N) is 12. The summed E-state index contributed by atoms with van der Waals surface area (Å²) < 4.78 is 3.45. The van der Waals surface area contributed by atoms with Gasteiger partial charge >= 0.3 is 0 Å². The minimum atomic E-state index is 0.0923. The minimum absolute atomic E-state index is 0.0923. The summed E-state index contributed by atoms with van der Waals surface area (Å²) in [4.78, 5) is 24.7. The van der Waals surface area contributed by atoms with E-state index in [2.05, 4.69) is 94.5 Å². The topological polar surface area (TPSA) is 157 Å². The molecule has 4 aliphatic heterocycles. The van der Waals surface area contributed by atoms with E-state index in [-0.39, 0.29) is 21.7 Å². The molecule has 8 rings (SSSR count). The van der Waals surface area contributed by atoms with E-state index < -0.39 is 0 Å². The Kier molecular flexibility index (Phi) is 9.02. The number of halogens is 2. The molecule has 0 aliphatic carbocycles. The molecule has 51 heavy (non-hydrogen) atoms. The Morgan fingerprint density at radius 1 is 0.706 bits per heavy atom. The Bertz CT molecular complexity index is 1920. The third-order valence-electron chi connectivity index (χ3n) is 11.5. The van der Waals surface area contributed by atoms with Crippen molar-refractivity contribution >= 4 is 58.1 Å². The van der Waals surface area contributed by atoms with Gasteiger partial charge in [-0.1, -0.05) is 50.9 Å². The van der Waals surface area contributed by atoms with E-state index in [1.807, 2.05) is 26.5 Å². The molecule has 4 aliphatic rings. The molecule has 0 bridgehead atoms. The van der Waals surface area contributed by atoms with Crippen molar-refractivity contribution in [3.05, 3.63) is 47.2 Å². The summed E-state index contributed by atoms with van der Waals surface area (Å²) in [6.07, 6.45) is 10.5.